The molecule has 8 heteroatoms. The molecule has 0 bridgehead atoms. The highest BCUT2D eigenvalue weighted by Gasteiger charge is 2.12. The number of methoxy groups -OCH3 is 2. The molecule has 1 aromatic heterocycles. The second-order valence-corrected chi connectivity index (χ2v) is 5.33. The van der Waals surface area contributed by atoms with Gasteiger partial charge in [0.25, 0.3) is 5.91 Å². The van der Waals surface area contributed by atoms with E-state index in [9.17, 15) is 9.18 Å². The van der Waals surface area contributed by atoms with Crippen molar-refractivity contribution in [2.24, 2.45) is 0 Å². The molecular formula is C15H17FN2O4S. The summed E-state index contributed by atoms with van der Waals surface area (Å²) in [5.41, 5.74) is 1.06. The molecule has 0 unspecified atom stereocenters. The maximum atomic E-state index is 13.4. The standard InChI is InChI=1S/C15H17FN2O4S/c1-20-5-6-22-8-14(19)18-15-17-12(9-23-15)11-7-10(16)3-4-13(11)21-2/h3-4,7,9H,5-6,8H2,1-2H3,(H,17,18,19). The minimum atomic E-state index is -0.383. The summed E-state index contributed by atoms with van der Waals surface area (Å²) >= 11 is 1.24. The number of hydrogen-bond donors (Lipinski definition) is 1. The first-order valence-corrected chi connectivity index (χ1v) is 7.68. The highest BCUT2D eigenvalue weighted by molar-refractivity contribution is 7.14. The van der Waals surface area contributed by atoms with Crippen molar-refractivity contribution in [2.45, 2.75) is 0 Å². The Morgan fingerprint density at radius 1 is 1.35 bits per heavy atom. The highest BCUT2D eigenvalue weighted by atomic mass is 32.1. The molecule has 0 fully saturated rings. The van der Waals surface area contributed by atoms with Crippen molar-refractivity contribution in [2.75, 3.05) is 39.4 Å². The van der Waals surface area contributed by atoms with Crippen LogP contribution in [0.5, 0.6) is 5.75 Å². The third-order valence-corrected chi connectivity index (χ3v) is 3.61. The predicted molar refractivity (Wildman–Crippen MR) is 85.4 cm³/mol. The lowest BCUT2D eigenvalue weighted by Gasteiger charge is -2.06. The van der Waals surface area contributed by atoms with E-state index in [4.69, 9.17) is 14.2 Å². The van der Waals surface area contributed by atoms with Crippen LogP contribution in [0.4, 0.5) is 9.52 Å². The first-order valence-electron chi connectivity index (χ1n) is 6.80. The fraction of sp³-hybridized carbons (Fsp3) is 0.333. The number of carbonyl (C=O) groups is 1. The van der Waals surface area contributed by atoms with E-state index in [2.05, 4.69) is 10.3 Å². The van der Waals surface area contributed by atoms with Crippen molar-refractivity contribution in [3.8, 4) is 17.0 Å². The number of hydrogen-bond acceptors (Lipinski definition) is 6. The van der Waals surface area contributed by atoms with E-state index in [0.29, 0.717) is 35.4 Å². The summed E-state index contributed by atoms with van der Waals surface area (Å²) in [5, 5.41) is 4.76. The zero-order valence-electron chi connectivity index (χ0n) is 12.8. The number of rotatable bonds is 8. The van der Waals surface area contributed by atoms with Crippen LogP contribution in [0.25, 0.3) is 11.3 Å². The van der Waals surface area contributed by atoms with Gasteiger partial charge in [-0.25, -0.2) is 9.37 Å². The van der Waals surface area contributed by atoms with E-state index in [-0.39, 0.29) is 18.3 Å². The van der Waals surface area contributed by atoms with Gasteiger partial charge < -0.3 is 14.2 Å². The third-order valence-electron chi connectivity index (χ3n) is 2.85. The van der Waals surface area contributed by atoms with Crippen molar-refractivity contribution in [3.05, 3.63) is 29.4 Å². The Morgan fingerprint density at radius 3 is 2.91 bits per heavy atom. The molecule has 1 N–H and O–H groups in total. The molecule has 0 saturated heterocycles. The van der Waals surface area contributed by atoms with Crippen LogP contribution >= 0.6 is 11.3 Å². The van der Waals surface area contributed by atoms with Gasteiger partial charge in [0, 0.05) is 18.1 Å². The normalized spacial score (nSPS) is 10.6. The predicted octanol–water partition coefficient (Wildman–Crippen LogP) is 2.56. The summed E-state index contributed by atoms with van der Waals surface area (Å²) in [4.78, 5) is 16.0. The lowest BCUT2D eigenvalue weighted by Crippen LogP contribution is -2.19. The van der Waals surface area contributed by atoms with Crippen LogP contribution in [0.15, 0.2) is 23.6 Å². The Labute approximate surface area is 137 Å². The van der Waals surface area contributed by atoms with Crippen LogP contribution in [0.3, 0.4) is 0 Å². The van der Waals surface area contributed by atoms with Gasteiger partial charge >= 0.3 is 0 Å². The second-order valence-electron chi connectivity index (χ2n) is 4.48. The van der Waals surface area contributed by atoms with Crippen LogP contribution in [-0.4, -0.2) is 44.9 Å². The SMILES string of the molecule is COCCOCC(=O)Nc1nc(-c2cc(F)ccc2OC)cs1. The number of benzene rings is 1. The highest BCUT2D eigenvalue weighted by Crippen LogP contribution is 2.32. The number of anilines is 1. The van der Waals surface area contributed by atoms with Crippen LogP contribution in [-0.2, 0) is 14.3 Å². The number of amides is 1. The van der Waals surface area contributed by atoms with Gasteiger partial charge in [0.2, 0.25) is 0 Å². The third kappa shape index (κ3) is 4.98. The Hall–Kier alpha value is -2.03. The fourth-order valence-corrected chi connectivity index (χ4v) is 2.52. The Morgan fingerprint density at radius 2 is 2.17 bits per heavy atom. The summed E-state index contributed by atoms with van der Waals surface area (Å²) in [5.74, 6) is -0.184. The topological polar surface area (TPSA) is 69.7 Å². The molecule has 2 aromatic rings. The molecule has 0 atom stereocenters. The Kier molecular flexibility index (Phi) is 6.45. The summed E-state index contributed by atoms with van der Waals surface area (Å²) in [6, 6.07) is 4.19. The zero-order valence-corrected chi connectivity index (χ0v) is 13.6. The van der Waals surface area contributed by atoms with E-state index in [1.165, 1.54) is 36.6 Å². The number of ether oxygens (including phenoxy) is 3. The zero-order chi connectivity index (χ0) is 16.7. The van der Waals surface area contributed by atoms with Gasteiger partial charge in [0.05, 0.1) is 26.0 Å². The lowest BCUT2D eigenvalue weighted by molar-refractivity contribution is -0.121. The second kappa shape index (κ2) is 8.56. The van der Waals surface area contributed by atoms with Crippen molar-refractivity contribution in [3.63, 3.8) is 0 Å². The molecule has 0 aliphatic rings. The van der Waals surface area contributed by atoms with Gasteiger partial charge in [0.1, 0.15) is 18.2 Å². The minimum Gasteiger partial charge on any atom is -0.496 e. The number of halogens is 1. The summed E-state index contributed by atoms with van der Waals surface area (Å²) in [6.07, 6.45) is 0. The quantitative estimate of drug-likeness (QED) is 0.748. The number of thiazole rings is 1. The molecule has 1 aromatic carbocycles. The van der Waals surface area contributed by atoms with E-state index < -0.39 is 0 Å². The molecule has 124 valence electrons. The molecule has 2 rings (SSSR count). The molecule has 6 nitrogen and oxygen atoms in total. The molecule has 23 heavy (non-hydrogen) atoms. The average Bonchev–Trinajstić information content (AvgIpc) is 3.00. The molecular weight excluding hydrogens is 323 g/mol. The van der Waals surface area contributed by atoms with E-state index in [1.807, 2.05) is 0 Å². The van der Waals surface area contributed by atoms with Gasteiger partial charge in [-0.2, -0.15) is 0 Å². The number of nitrogens with one attached hydrogen (secondary N) is 1. The Bertz CT molecular complexity index is 663. The smallest absolute Gasteiger partial charge is 0.252 e. The van der Waals surface area contributed by atoms with Gasteiger partial charge in [-0.1, -0.05) is 0 Å². The molecule has 0 aliphatic carbocycles. The van der Waals surface area contributed by atoms with Crippen LogP contribution < -0.4 is 10.1 Å². The fourth-order valence-electron chi connectivity index (χ4n) is 1.80. The van der Waals surface area contributed by atoms with Gasteiger partial charge in [-0.05, 0) is 18.2 Å². The van der Waals surface area contributed by atoms with Gasteiger partial charge in [-0.15, -0.1) is 11.3 Å². The Balaban J connectivity index is 2.01. The number of aromatic nitrogens is 1. The minimum absolute atomic E-state index is 0.0818. The largest absolute Gasteiger partial charge is 0.496 e. The lowest BCUT2D eigenvalue weighted by atomic mass is 10.1. The molecule has 1 amide bonds. The van der Waals surface area contributed by atoms with Gasteiger partial charge in [0.15, 0.2) is 5.13 Å². The van der Waals surface area contributed by atoms with Crippen molar-refractivity contribution >= 4 is 22.4 Å². The molecule has 0 spiro atoms. The first kappa shape index (κ1) is 17.3. The number of carbonyl (C=O) groups excluding carboxylic acids is 1. The molecule has 0 saturated carbocycles. The summed E-state index contributed by atoms with van der Waals surface area (Å²) < 4.78 is 28.5. The van der Waals surface area contributed by atoms with E-state index in [1.54, 1.807) is 12.5 Å². The van der Waals surface area contributed by atoms with Crippen LogP contribution in [0, 0.1) is 5.82 Å². The monoisotopic (exact) mass is 340 g/mol. The first-order chi connectivity index (χ1) is 11.1. The summed E-state index contributed by atoms with van der Waals surface area (Å²) in [7, 11) is 3.06. The summed E-state index contributed by atoms with van der Waals surface area (Å²) in [6.45, 7) is 0.684. The maximum absolute atomic E-state index is 13.4. The van der Waals surface area contributed by atoms with Crippen molar-refractivity contribution in [1.29, 1.82) is 0 Å². The number of nitrogens with zero attached hydrogens (tertiary/aromatic N) is 1. The van der Waals surface area contributed by atoms with Crippen LogP contribution in [0.2, 0.25) is 0 Å². The van der Waals surface area contributed by atoms with E-state index in [0.717, 1.165) is 0 Å². The van der Waals surface area contributed by atoms with Crippen molar-refractivity contribution < 1.29 is 23.4 Å². The average molecular weight is 340 g/mol. The van der Waals surface area contributed by atoms with Crippen LogP contribution in [0.1, 0.15) is 0 Å². The van der Waals surface area contributed by atoms with Gasteiger partial charge in [-0.3, -0.25) is 10.1 Å². The molecule has 1 heterocycles. The van der Waals surface area contributed by atoms with E-state index >= 15 is 0 Å². The van der Waals surface area contributed by atoms with Crippen molar-refractivity contribution in [1.82, 2.24) is 4.98 Å². The molecule has 0 radical (unpaired) electrons. The maximum Gasteiger partial charge on any atom is 0.252 e. The molecule has 0 aliphatic heterocycles.